The van der Waals surface area contributed by atoms with E-state index in [-0.39, 0.29) is 12.5 Å². The molecule has 0 aliphatic heterocycles. The van der Waals surface area contributed by atoms with E-state index in [2.05, 4.69) is 12.0 Å². The maximum absolute atomic E-state index is 11.8. The van der Waals surface area contributed by atoms with Gasteiger partial charge < -0.3 is 10.6 Å². The van der Waals surface area contributed by atoms with Crippen molar-refractivity contribution in [3.8, 4) is 0 Å². The predicted molar refractivity (Wildman–Crippen MR) is 59.2 cm³/mol. The Balaban J connectivity index is 2.53. The molecule has 1 amide bonds. The molecule has 1 heterocycles. The molecule has 5 nitrogen and oxygen atoms in total. The summed E-state index contributed by atoms with van der Waals surface area (Å²) < 4.78 is 1.57. The van der Waals surface area contributed by atoms with Gasteiger partial charge in [0.2, 0.25) is 5.91 Å². The van der Waals surface area contributed by atoms with Crippen LogP contribution >= 0.6 is 0 Å². The number of hydrogen-bond acceptors (Lipinski definition) is 3. The molecule has 2 N–H and O–H groups in total. The zero-order valence-corrected chi connectivity index (χ0v) is 9.31. The Morgan fingerprint density at radius 1 is 1.60 bits per heavy atom. The second kappa shape index (κ2) is 5.38. The van der Waals surface area contributed by atoms with Crippen molar-refractivity contribution in [3.05, 3.63) is 12.3 Å². The maximum Gasteiger partial charge on any atom is 0.244 e. The second-order valence-electron chi connectivity index (χ2n) is 3.41. The van der Waals surface area contributed by atoms with Crippen molar-refractivity contribution in [3.63, 3.8) is 0 Å². The van der Waals surface area contributed by atoms with Gasteiger partial charge in [0.05, 0.1) is 0 Å². The first-order valence-corrected chi connectivity index (χ1v) is 5.24. The molecule has 0 unspecified atom stereocenters. The van der Waals surface area contributed by atoms with E-state index in [4.69, 9.17) is 5.73 Å². The number of hydrogen-bond donors (Lipinski definition) is 1. The van der Waals surface area contributed by atoms with Gasteiger partial charge in [0.15, 0.2) is 0 Å². The number of aromatic nitrogens is 2. The molecule has 1 rings (SSSR count). The summed E-state index contributed by atoms with van der Waals surface area (Å²) in [4.78, 5) is 13.6. The van der Waals surface area contributed by atoms with Crippen LogP contribution < -0.4 is 5.73 Å². The number of carbonyl (C=O) groups is 1. The summed E-state index contributed by atoms with van der Waals surface area (Å²) in [7, 11) is 0. The lowest BCUT2D eigenvalue weighted by Gasteiger charge is -2.19. The van der Waals surface area contributed by atoms with Gasteiger partial charge in [0.25, 0.3) is 0 Å². The van der Waals surface area contributed by atoms with E-state index in [9.17, 15) is 4.79 Å². The monoisotopic (exact) mass is 210 g/mol. The Morgan fingerprint density at radius 2 is 2.33 bits per heavy atom. The van der Waals surface area contributed by atoms with Gasteiger partial charge in [-0.05, 0) is 19.4 Å². The molecule has 0 saturated heterocycles. The minimum absolute atomic E-state index is 0.0856. The molecule has 0 aliphatic carbocycles. The van der Waals surface area contributed by atoms with Crippen LogP contribution in [0.3, 0.4) is 0 Å². The fourth-order valence-corrected chi connectivity index (χ4v) is 1.43. The standard InChI is InChI=1S/C10H18N4O/c1-3-6-13(4-2)10(15)8-14-7-5-9(11)12-14/h5,7H,3-4,6,8H2,1-2H3,(H2,11,12). The van der Waals surface area contributed by atoms with E-state index in [1.54, 1.807) is 16.9 Å². The number of rotatable bonds is 5. The van der Waals surface area contributed by atoms with Crippen molar-refractivity contribution in [2.45, 2.75) is 26.8 Å². The molecular weight excluding hydrogens is 192 g/mol. The number of nitrogen functional groups attached to an aromatic ring is 1. The molecule has 0 aromatic carbocycles. The Kier molecular flexibility index (Phi) is 4.15. The van der Waals surface area contributed by atoms with Gasteiger partial charge in [-0.15, -0.1) is 0 Å². The van der Waals surface area contributed by atoms with Crippen LogP contribution in [0, 0.1) is 0 Å². The summed E-state index contributed by atoms with van der Waals surface area (Å²) in [6.45, 7) is 5.84. The lowest BCUT2D eigenvalue weighted by atomic mass is 10.4. The molecule has 0 radical (unpaired) electrons. The van der Waals surface area contributed by atoms with Crippen molar-refractivity contribution in [2.75, 3.05) is 18.8 Å². The Hall–Kier alpha value is -1.52. The average molecular weight is 210 g/mol. The van der Waals surface area contributed by atoms with Gasteiger partial charge in [0.1, 0.15) is 12.4 Å². The van der Waals surface area contributed by atoms with Crippen LogP contribution in [0.25, 0.3) is 0 Å². The SMILES string of the molecule is CCCN(CC)C(=O)Cn1ccc(N)n1. The average Bonchev–Trinajstić information content (AvgIpc) is 2.60. The summed E-state index contributed by atoms with van der Waals surface area (Å²) in [5.74, 6) is 0.531. The summed E-state index contributed by atoms with van der Waals surface area (Å²) >= 11 is 0. The highest BCUT2D eigenvalue weighted by molar-refractivity contribution is 5.75. The van der Waals surface area contributed by atoms with Crippen LogP contribution in [0.1, 0.15) is 20.3 Å². The zero-order valence-electron chi connectivity index (χ0n) is 9.31. The number of nitrogens with zero attached hydrogens (tertiary/aromatic N) is 3. The third-order valence-electron chi connectivity index (χ3n) is 2.19. The number of anilines is 1. The Labute approximate surface area is 89.9 Å². The molecule has 0 fully saturated rings. The summed E-state index contributed by atoms with van der Waals surface area (Å²) in [5, 5.41) is 3.97. The summed E-state index contributed by atoms with van der Waals surface area (Å²) in [6, 6.07) is 1.68. The van der Waals surface area contributed by atoms with Crippen molar-refractivity contribution in [1.82, 2.24) is 14.7 Å². The van der Waals surface area contributed by atoms with E-state index in [0.29, 0.717) is 5.82 Å². The number of likely N-dealkylation sites (N-methyl/N-ethyl adjacent to an activating group) is 1. The highest BCUT2D eigenvalue weighted by Crippen LogP contribution is 1.99. The maximum atomic E-state index is 11.8. The van der Waals surface area contributed by atoms with Crippen LogP contribution in [0.4, 0.5) is 5.82 Å². The highest BCUT2D eigenvalue weighted by atomic mass is 16.2. The van der Waals surface area contributed by atoms with Crippen LogP contribution in [0.2, 0.25) is 0 Å². The second-order valence-corrected chi connectivity index (χ2v) is 3.41. The van der Waals surface area contributed by atoms with E-state index in [1.165, 1.54) is 0 Å². The topological polar surface area (TPSA) is 64.2 Å². The third-order valence-corrected chi connectivity index (χ3v) is 2.19. The normalized spacial score (nSPS) is 10.3. The molecule has 15 heavy (non-hydrogen) atoms. The minimum Gasteiger partial charge on any atom is -0.382 e. The van der Waals surface area contributed by atoms with Crippen LogP contribution in [0.15, 0.2) is 12.3 Å². The van der Waals surface area contributed by atoms with E-state index in [1.807, 2.05) is 11.8 Å². The molecular formula is C10H18N4O. The Bertz CT molecular complexity index is 321. The first kappa shape index (κ1) is 11.6. The largest absolute Gasteiger partial charge is 0.382 e. The molecule has 5 heteroatoms. The van der Waals surface area contributed by atoms with Crippen molar-refractivity contribution in [2.24, 2.45) is 0 Å². The minimum atomic E-state index is 0.0856. The quantitative estimate of drug-likeness (QED) is 0.779. The molecule has 1 aromatic rings. The number of amides is 1. The molecule has 0 atom stereocenters. The van der Waals surface area contributed by atoms with Crippen LogP contribution in [-0.2, 0) is 11.3 Å². The fraction of sp³-hybridized carbons (Fsp3) is 0.600. The smallest absolute Gasteiger partial charge is 0.244 e. The van der Waals surface area contributed by atoms with Crippen molar-refractivity contribution >= 4 is 11.7 Å². The van der Waals surface area contributed by atoms with Gasteiger partial charge >= 0.3 is 0 Å². The van der Waals surface area contributed by atoms with Gasteiger partial charge in [-0.3, -0.25) is 9.48 Å². The fourth-order valence-electron chi connectivity index (χ4n) is 1.43. The molecule has 1 aromatic heterocycles. The van der Waals surface area contributed by atoms with E-state index in [0.717, 1.165) is 19.5 Å². The molecule has 84 valence electrons. The van der Waals surface area contributed by atoms with Gasteiger partial charge in [0, 0.05) is 19.3 Å². The van der Waals surface area contributed by atoms with Crippen LogP contribution in [-0.4, -0.2) is 33.7 Å². The lowest BCUT2D eigenvalue weighted by Crippen LogP contribution is -2.34. The lowest BCUT2D eigenvalue weighted by molar-refractivity contribution is -0.131. The van der Waals surface area contributed by atoms with Crippen molar-refractivity contribution in [1.29, 1.82) is 0 Å². The van der Waals surface area contributed by atoms with Crippen LogP contribution in [0.5, 0.6) is 0 Å². The number of carbonyl (C=O) groups excluding carboxylic acids is 1. The van der Waals surface area contributed by atoms with Crippen molar-refractivity contribution < 1.29 is 4.79 Å². The molecule has 0 bridgehead atoms. The first-order valence-electron chi connectivity index (χ1n) is 5.24. The molecule has 0 spiro atoms. The Morgan fingerprint density at radius 3 is 2.80 bits per heavy atom. The number of nitrogens with two attached hydrogens (primary N) is 1. The summed E-state index contributed by atoms with van der Waals surface area (Å²) in [5.41, 5.74) is 5.46. The zero-order chi connectivity index (χ0) is 11.3. The highest BCUT2D eigenvalue weighted by Gasteiger charge is 2.11. The predicted octanol–water partition coefficient (Wildman–Crippen LogP) is 0.724. The molecule has 0 saturated carbocycles. The third kappa shape index (κ3) is 3.27. The van der Waals surface area contributed by atoms with E-state index >= 15 is 0 Å². The van der Waals surface area contributed by atoms with Gasteiger partial charge in [-0.2, -0.15) is 5.10 Å². The van der Waals surface area contributed by atoms with Gasteiger partial charge in [-0.25, -0.2) is 0 Å². The van der Waals surface area contributed by atoms with E-state index < -0.39 is 0 Å². The van der Waals surface area contributed by atoms with Gasteiger partial charge in [-0.1, -0.05) is 6.92 Å². The molecule has 0 aliphatic rings. The summed E-state index contributed by atoms with van der Waals surface area (Å²) in [6.07, 6.45) is 2.69. The first-order chi connectivity index (χ1) is 7.17.